The van der Waals surface area contributed by atoms with E-state index in [1.165, 1.54) is 13.2 Å². The number of pyridine rings is 1. The molecule has 2 aromatic rings. The summed E-state index contributed by atoms with van der Waals surface area (Å²) in [6.07, 6.45) is 2.62. The van der Waals surface area contributed by atoms with Crippen LogP contribution in [0.4, 0.5) is 10.1 Å². The fraction of sp³-hybridized carbons (Fsp3) is 0.545. The standard InChI is InChI=1S/C22H28FN3O4S/c1-4-30-22(28)16-19(27)14-9-15(23)18(25-8-7-12(10-25)11(2)24)20(29-3)17(14)26(21(16)31)13-5-6-13/h9,11-13,27H,4-8,10,24H2,1-3H3/t11-,12+/m0/s1. The Bertz CT molecular complexity index is 1100. The molecule has 1 aliphatic heterocycles. The van der Waals surface area contributed by atoms with E-state index in [2.05, 4.69) is 0 Å². The molecule has 1 aromatic carbocycles. The largest absolute Gasteiger partial charge is 0.506 e. The second-order valence-electron chi connectivity index (χ2n) is 8.34. The van der Waals surface area contributed by atoms with E-state index in [1.54, 1.807) is 6.92 Å². The summed E-state index contributed by atoms with van der Waals surface area (Å²) in [5.74, 6) is -1.06. The second-order valence-corrected chi connectivity index (χ2v) is 8.73. The molecule has 0 bridgehead atoms. The lowest BCUT2D eigenvalue weighted by molar-refractivity contribution is 0.0521. The summed E-state index contributed by atoms with van der Waals surface area (Å²) < 4.78 is 28.2. The van der Waals surface area contributed by atoms with Gasteiger partial charge in [0.15, 0.2) is 11.6 Å². The van der Waals surface area contributed by atoms with Crippen molar-refractivity contribution in [3.05, 3.63) is 22.1 Å². The zero-order valence-corrected chi connectivity index (χ0v) is 18.8. The summed E-state index contributed by atoms with van der Waals surface area (Å²) in [5, 5.41) is 11.1. The lowest BCUT2D eigenvalue weighted by Gasteiger charge is -2.26. The van der Waals surface area contributed by atoms with Crippen LogP contribution in [0, 0.1) is 16.4 Å². The number of methoxy groups -OCH3 is 1. The Hall–Kier alpha value is -2.39. The first-order chi connectivity index (χ1) is 14.8. The Morgan fingerprint density at radius 1 is 1.42 bits per heavy atom. The van der Waals surface area contributed by atoms with Gasteiger partial charge in [0.1, 0.15) is 21.6 Å². The van der Waals surface area contributed by atoms with Crippen LogP contribution in [0.25, 0.3) is 10.9 Å². The molecule has 1 aromatic heterocycles. The number of anilines is 1. The van der Waals surface area contributed by atoms with Gasteiger partial charge in [0.25, 0.3) is 0 Å². The van der Waals surface area contributed by atoms with Crippen LogP contribution in [-0.4, -0.2) is 48.5 Å². The van der Waals surface area contributed by atoms with Crippen LogP contribution in [0.3, 0.4) is 0 Å². The van der Waals surface area contributed by atoms with E-state index in [9.17, 15) is 9.90 Å². The van der Waals surface area contributed by atoms with E-state index in [4.69, 9.17) is 27.4 Å². The molecule has 7 nitrogen and oxygen atoms in total. The molecule has 3 N–H and O–H groups in total. The number of hydrogen-bond donors (Lipinski definition) is 2. The fourth-order valence-electron chi connectivity index (χ4n) is 4.46. The Labute approximate surface area is 185 Å². The molecular formula is C22H28FN3O4S. The normalized spacial score (nSPS) is 19.6. The number of esters is 1. The molecule has 0 unspecified atom stereocenters. The molecule has 0 radical (unpaired) electrons. The van der Waals surface area contributed by atoms with Crippen LogP contribution in [0.15, 0.2) is 6.07 Å². The van der Waals surface area contributed by atoms with E-state index in [1.807, 2.05) is 16.4 Å². The SMILES string of the molecule is CCOC(=O)c1c(O)c2cc(F)c(N3CC[C@@H]([C@H](C)N)C3)c(OC)c2n(C2CC2)c1=S. The summed E-state index contributed by atoms with van der Waals surface area (Å²) in [7, 11) is 1.48. The van der Waals surface area contributed by atoms with E-state index in [0.29, 0.717) is 30.0 Å². The third-order valence-electron chi connectivity index (χ3n) is 6.23. The zero-order valence-electron chi connectivity index (χ0n) is 18.0. The summed E-state index contributed by atoms with van der Waals surface area (Å²) >= 11 is 5.61. The molecule has 4 rings (SSSR count). The molecule has 168 valence electrons. The molecule has 1 aliphatic carbocycles. The molecule has 0 amide bonds. The van der Waals surface area contributed by atoms with E-state index >= 15 is 4.39 Å². The zero-order chi connectivity index (χ0) is 22.4. The predicted octanol–water partition coefficient (Wildman–Crippen LogP) is 3.91. The van der Waals surface area contributed by atoms with Crippen molar-refractivity contribution in [2.75, 3.05) is 31.7 Å². The van der Waals surface area contributed by atoms with E-state index in [0.717, 1.165) is 19.3 Å². The van der Waals surface area contributed by atoms with Gasteiger partial charge >= 0.3 is 5.97 Å². The van der Waals surface area contributed by atoms with Gasteiger partial charge in [-0.15, -0.1) is 0 Å². The highest BCUT2D eigenvalue weighted by atomic mass is 32.1. The van der Waals surface area contributed by atoms with Gasteiger partial charge < -0.3 is 29.8 Å². The monoisotopic (exact) mass is 449 g/mol. The maximum atomic E-state index is 15.4. The molecule has 9 heteroatoms. The summed E-state index contributed by atoms with van der Waals surface area (Å²) in [4.78, 5) is 14.5. The number of fused-ring (bicyclic) bond motifs is 1. The van der Waals surface area contributed by atoms with Crippen molar-refractivity contribution in [2.45, 2.75) is 45.2 Å². The number of carbonyl (C=O) groups excluding carboxylic acids is 1. The van der Waals surface area contributed by atoms with Crippen molar-refractivity contribution in [1.82, 2.24) is 4.57 Å². The fourth-order valence-corrected chi connectivity index (χ4v) is 4.88. The third-order valence-corrected chi connectivity index (χ3v) is 6.63. The maximum Gasteiger partial charge on any atom is 0.344 e. The minimum atomic E-state index is -0.718. The molecule has 1 saturated carbocycles. The molecule has 31 heavy (non-hydrogen) atoms. The Kier molecular flexibility index (Phi) is 5.83. The lowest BCUT2D eigenvalue weighted by atomic mass is 10.0. The first-order valence-corrected chi connectivity index (χ1v) is 11.1. The number of aromatic nitrogens is 1. The molecular weight excluding hydrogens is 421 g/mol. The molecule has 2 fully saturated rings. The number of nitrogens with zero attached hydrogens (tertiary/aromatic N) is 2. The average Bonchev–Trinajstić information content (AvgIpc) is 3.43. The molecule has 2 aliphatic rings. The summed E-state index contributed by atoms with van der Waals surface area (Å²) in [6.45, 7) is 5.05. The van der Waals surface area contributed by atoms with Crippen molar-refractivity contribution in [3.63, 3.8) is 0 Å². The summed E-state index contributed by atoms with van der Waals surface area (Å²) in [6, 6.07) is 1.33. The van der Waals surface area contributed by atoms with Crippen LogP contribution in [-0.2, 0) is 4.74 Å². The smallest absolute Gasteiger partial charge is 0.344 e. The van der Waals surface area contributed by atoms with Crippen LogP contribution >= 0.6 is 12.2 Å². The van der Waals surface area contributed by atoms with Crippen LogP contribution in [0.5, 0.6) is 11.5 Å². The second kappa shape index (κ2) is 8.27. The van der Waals surface area contributed by atoms with Crippen LogP contribution in [0.1, 0.15) is 49.5 Å². The first-order valence-electron chi connectivity index (χ1n) is 10.6. The third kappa shape index (κ3) is 3.63. The number of rotatable bonds is 6. The number of hydrogen-bond acceptors (Lipinski definition) is 7. The van der Waals surface area contributed by atoms with Crippen molar-refractivity contribution in [3.8, 4) is 11.5 Å². The first kappa shape index (κ1) is 21.8. The number of carbonyl (C=O) groups is 1. The predicted molar refractivity (Wildman–Crippen MR) is 119 cm³/mol. The average molecular weight is 450 g/mol. The summed E-state index contributed by atoms with van der Waals surface area (Å²) in [5.41, 5.74) is 6.80. The van der Waals surface area contributed by atoms with Gasteiger partial charge in [-0.2, -0.15) is 0 Å². The van der Waals surface area contributed by atoms with Crippen molar-refractivity contribution >= 4 is 34.8 Å². The van der Waals surface area contributed by atoms with E-state index in [-0.39, 0.29) is 45.9 Å². The highest BCUT2D eigenvalue weighted by Crippen LogP contribution is 2.48. The van der Waals surface area contributed by atoms with Crippen molar-refractivity contribution in [2.24, 2.45) is 11.7 Å². The van der Waals surface area contributed by atoms with E-state index < -0.39 is 11.8 Å². The number of ether oxygens (including phenoxy) is 2. The van der Waals surface area contributed by atoms with Gasteiger partial charge in [0, 0.05) is 30.6 Å². The van der Waals surface area contributed by atoms with Gasteiger partial charge in [-0.3, -0.25) is 0 Å². The van der Waals surface area contributed by atoms with Crippen LogP contribution in [0.2, 0.25) is 0 Å². The molecule has 2 heterocycles. The highest BCUT2D eigenvalue weighted by molar-refractivity contribution is 7.71. The van der Waals surface area contributed by atoms with Crippen molar-refractivity contribution in [1.29, 1.82) is 0 Å². The molecule has 0 spiro atoms. The Balaban J connectivity index is 1.99. The maximum absolute atomic E-state index is 15.4. The van der Waals surface area contributed by atoms with Gasteiger partial charge in [-0.05, 0) is 45.1 Å². The van der Waals surface area contributed by atoms with Crippen LogP contribution < -0.4 is 15.4 Å². The van der Waals surface area contributed by atoms with Crippen molar-refractivity contribution < 1.29 is 23.8 Å². The Morgan fingerprint density at radius 2 is 2.13 bits per heavy atom. The molecule has 1 saturated heterocycles. The number of benzene rings is 1. The van der Waals surface area contributed by atoms with Gasteiger partial charge in [0.05, 0.1) is 19.2 Å². The number of halogens is 1. The minimum Gasteiger partial charge on any atom is -0.506 e. The quantitative estimate of drug-likeness (QED) is 0.510. The Morgan fingerprint density at radius 3 is 2.68 bits per heavy atom. The number of nitrogens with two attached hydrogens (primary N) is 1. The topological polar surface area (TPSA) is 90.0 Å². The lowest BCUT2D eigenvalue weighted by Crippen LogP contribution is -2.30. The van der Waals surface area contributed by atoms with Gasteiger partial charge in [-0.25, -0.2) is 9.18 Å². The van der Waals surface area contributed by atoms with Gasteiger partial charge in [-0.1, -0.05) is 12.2 Å². The number of aromatic hydroxyl groups is 1. The molecule has 2 atom stereocenters. The minimum absolute atomic E-state index is 0.00587. The highest BCUT2D eigenvalue weighted by Gasteiger charge is 2.35. The van der Waals surface area contributed by atoms with Gasteiger partial charge in [0.2, 0.25) is 0 Å².